The van der Waals surface area contributed by atoms with E-state index in [2.05, 4.69) is 39.4 Å². The van der Waals surface area contributed by atoms with Gasteiger partial charge in [0.2, 0.25) is 0 Å². The summed E-state index contributed by atoms with van der Waals surface area (Å²) in [7, 11) is 4.07. The summed E-state index contributed by atoms with van der Waals surface area (Å²) in [4.78, 5) is 4.47. The minimum Gasteiger partial charge on any atom is -0.378 e. The Morgan fingerprint density at radius 2 is 1.69 bits per heavy atom. The Kier molecular flexibility index (Phi) is 5.77. The summed E-state index contributed by atoms with van der Waals surface area (Å²) >= 11 is 0. The molecule has 1 N–H and O–H groups in total. The van der Waals surface area contributed by atoms with Crippen LogP contribution in [0, 0.1) is 11.6 Å². The molecule has 1 fully saturated rings. The first kappa shape index (κ1) is 18.6. The van der Waals surface area contributed by atoms with E-state index in [1.165, 1.54) is 23.5 Å². The summed E-state index contributed by atoms with van der Waals surface area (Å²) in [6, 6.07) is 12.3. The van der Waals surface area contributed by atoms with Crippen LogP contribution in [-0.2, 0) is 0 Å². The van der Waals surface area contributed by atoms with Crippen LogP contribution in [0.5, 0.6) is 0 Å². The van der Waals surface area contributed by atoms with Crippen molar-refractivity contribution in [2.45, 2.75) is 31.8 Å². The van der Waals surface area contributed by atoms with Gasteiger partial charge in [0.15, 0.2) is 0 Å². The Bertz CT molecular complexity index is 723. The van der Waals surface area contributed by atoms with Crippen molar-refractivity contribution in [1.29, 1.82) is 0 Å². The van der Waals surface area contributed by atoms with Crippen molar-refractivity contribution in [2.24, 2.45) is 0 Å². The molecular weight excluding hydrogens is 332 g/mol. The number of anilines is 2. The van der Waals surface area contributed by atoms with E-state index in [1.54, 1.807) is 0 Å². The van der Waals surface area contributed by atoms with Crippen molar-refractivity contribution in [1.82, 2.24) is 5.32 Å². The number of hydrogen-bond acceptors (Lipinski definition) is 3. The fraction of sp³-hybridized carbons (Fsp3) is 0.429. The molecule has 26 heavy (non-hydrogen) atoms. The SMILES string of the molecule is CC(NC1CCN(c2ccc(N(C)C)cc2)CC1)c1cc(F)ccc1F. The molecule has 0 amide bonds. The normalized spacial score (nSPS) is 16.6. The van der Waals surface area contributed by atoms with E-state index in [0.717, 1.165) is 32.0 Å². The van der Waals surface area contributed by atoms with Crippen LogP contribution in [-0.4, -0.2) is 33.2 Å². The van der Waals surface area contributed by atoms with E-state index in [-0.39, 0.29) is 11.9 Å². The third kappa shape index (κ3) is 4.33. The molecule has 0 aromatic heterocycles. The van der Waals surface area contributed by atoms with Crippen molar-refractivity contribution in [2.75, 3.05) is 37.0 Å². The van der Waals surface area contributed by atoms with E-state index >= 15 is 0 Å². The van der Waals surface area contributed by atoms with Gasteiger partial charge in [-0.2, -0.15) is 0 Å². The van der Waals surface area contributed by atoms with Crippen LogP contribution in [0.4, 0.5) is 20.2 Å². The highest BCUT2D eigenvalue weighted by atomic mass is 19.1. The summed E-state index contributed by atoms with van der Waals surface area (Å²) in [5.74, 6) is -0.754. The predicted molar refractivity (Wildman–Crippen MR) is 104 cm³/mol. The first-order valence-electron chi connectivity index (χ1n) is 9.17. The minimum absolute atomic E-state index is 0.207. The second-order valence-electron chi connectivity index (χ2n) is 7.23. The Balaban J connectivity index is 1.55. The molecule has 0 saturated carbocycles. The average Bonchev–Trinajstić information content (AvgIpc) is 2.64. The van der Waals surface area contributed by atoms with Crippen molar-refractivity contribution in [3.05, 3.63) is 59.7 Å². The van der Waals surface area contributed by atoms with Gasteiger partial charge in [-0.3, -0.25) is 0 Å². The number of halogens is 2. The molecule has 1 saturated heterocycles. The number of benzene rings is 2. The molecule has 2 aromatic rings. The molecule has 1 atom stereocenters. The minimum atomic E-state index is -0.397. The smallest absolute Gasteiger partial charge is 0.128 e. The molecule has 1 aliphatic heterocycles. The van der Waals surface area contributed by atoms with Crippen LogP contribution in [0.2, 0.25) is 0 Å². The van der Waals surface area contributed by atoms with Gasteiger partial charge in [-0.05, 0) is 62.2 Å². The molecule has 0 spiro atoms. The molecule has 3 nitrogen and oxygen atoms in total. The molecule has 140 valence electrons. The van der Waals surface area contributed by atoms with Crippen LogP contribution in [0.1, 0.15) is 31.4 Å². The second kappa shape index (κ2) is 8.04. The standard InChI is InChI=1S/C21H27F2N3/c1-15(20-14-16(22)4-9-21(20)23)24-17-10-12-26(13-11-17)19-7-5-18(6-8-19)25(2)3/h4-9,14-15,17,24H,10-13H2,1-3H3. The van der Waals surface area contributed by atoms with Crippen molar-refractivity contribution in [3.8, 4) is 0 Å². The monoisotopic (exact) mass is 359 g/mol. The topological polar surface area (TPSA) is 18.5 Å². The fourth-order valence-electron chi connectivity index (χ4n) is 3.56. The maximum atomic E-state index is 13.9. The maximum absolute atomic E-state index is 13.9. The predicted octanol–water partition coefficient (Wildman–Crippen LogP) is 4.35. The number of hydrogen-bond donors (Lipinski definition) is 1. The van der Waals surface area contributed by atoms with Crippen LogP contribution in [0.3, 0.4) is 0 Å². The van der Waals surface area contributed by atoms with E-state index in [4.69, 9.17) is 0 Å². The van der Waals surface area contributed by atoms with Gasteiger partial charge in [-0.25, -0.2) is 8.78 Å². The first-order valence-corrected chi connectivity index (χ1v) is 9.17. The molecule has 0 bridgehead atoms. The molecule has 1 heterocycles. The van der Waals surface area contributed by atoms with Gasteiger partial charge >= 0.3 is 0 Å². The summed E-state index contributed by atoms with van der Waals surface area (Å²) in [6.07, 6.45) is 1.97. The van der Waals surface area contributed by atoms with E-state index in [0.29, 0.717) is 11.6 Å². The summed E-state index contributed by atoms with van der Waals surface area (Å²) in [5.41, 5.74) is 2.82. The molecule has 0 aliphatic carbocycles. The highest BCUT2D eigenvalue weighted by Crippen LogP contribution is 2.25. The highest BCUT2D eigenvalue weighted by molar-refractivity contribution is 5.56. The van der Waals surface area contributed by atoms with Gasteiger partial charge in [-0.1, -0.05) is 0 Å². The van der Waals surface area contributed by atoms with Crippen LogP contribution in [0.15, 0.2) is 42.5 Å². The summed E-state index contributed by atoms with van der Waals surface area (Å²) in [5, 5.41) is 3.46. The van der Waals surface area contributed by atoms with E-state index < -0.39 is 5.82 Å². The molecule has 3 rings (SSSR count). The first-order chi connectivity index (χ1) is 12.4. The lowest BCUT2D eigenvalue weighted by atomic mass is 10.0. The maximum Gasteiger partial charge on any atom is 0.128 e. The van der Waals surface area contributed by atoms with Gasteiger partial charge in [0.25, 0.3) is 0 Å². The van der Waals surface area contributed by atoms with Crippen LogP contribution in [0.25, 0.3) is 0 Å². The van der Waals surface area contributed by atoms with Crippen molar-refractivity contribution in [3.63, 3.8) is 0 Å². The van der Waals surface area contributed by atoms with E-state index in [1.807, 2.05) is 21.0 Å². The zero-order valence-electron chi connectivity index (χ0n) is 15.7. The van der Waals surface area contributed by atoms with Gasteiger partial charge in [0.05, 0.1) is 0 Å². The largest absolute Gasteiger partial charge is 0.378 e. The molecule has 1 aliphatic rings. The molecule has 1 unspecified atom stereocenters. The summed E-state index contributed by atoms with van der Waals surface area (Å²) < 4.78 is 27.3. The number of piperidine rings is 1. The van der Waals surface area contributed by atoms with Gasteiger partial charge in [0.1, 0.15) is 11.6 Å². The summed E-state index contributed by atoms with van der Waals surface area (Å²) in [6.45, 7) is 3.80. The quantitative estimate of drug-likeness (QED) is 0.856. The fourth-order valence-corrected chi connectivity index (χ4v) is 3.56. The highest BCUT2D eigenvalue weighted by Gasteiger charge is 2.22. The number of nitrogens with zero attached hydrogens (tertiary/aromatic N) is 2. The Labute approximate surface area is 154 Å². The molecular formula is C21H27F2N3. The van der Waals surface area contributed by atoms with Crippen molar-refractivity contribution < 1.29 is 8.78 Å². The lowest BCUT2D eigenvalue weighted by Gasteiger charge is -2.35. The zero-order chi connectivity index (χ0) is 18.7. The van der Waals surface area contributed by atoms with Crippen LogP contribution < -0.4 is 15.1 Å². The molecule has 2 aromatic carbocycles. The Hall–Kier alpha value is -2.14. The molecule has 5 heteroatoms. The number of rotatable bonds is 5. The number of nitrogens with one attached hydrogen (secondary N) is 1. The van der Waals surface area contributed by atoms with Crippen molar-refractivity contribution >= 4 is 11.4 Å². The lowest BCUT2D eigenvalue weighted by molar-refractivity contribution is 0.375. The van der Waals surface area contributed by atoms with Gasteiger partial charge in [-0.15, -0.1) is 0 Å². The Morgan fingerprint density at radius 3 is 2.31 bits per heavy atom. The van der Waals surface area contributed by atoms with E-state index in [9.17, 15) is 8.78 Å². The van der Waals surface area contributed by atoms with Gasteiger partial charge < -0.3 is 15.1 Å². The Morgan fingerprint density at radius 1 is 1.04 bits per heavy atom. The zero-order valence-corrected chi connectivity index (χ0v) is 15.7. The third-order valence-corrected chi connectivity index (χ3v) is 5.14. The van der Waals surface area contributed by atoms with Gasteiger partial charge in [0, 0.05) is 56.2 Å². The lowest BCUT2D eigenvalue weighted by Crippen LogP contribution is -2.43. The third-order valence-electron chi connectivity index (χ3n) is 5.14. The average molecular weight is 359 g/mol. The molecule has 0 radical (unpaired) electrons. The second-order valence-corrected chi connectivity index (χ2v) is 7.23. The van der Waals surface area contributed by atoms with Crippen LogP contribution >= 0.6 is 0 Å².